The zero-order valence-electron chi connectivity index (χ0n) is 67.9. The average Bonchev–Trinajstić information content (AvgIpc) is 1.56. The molecule has 10 aromatic rings. The zero-order chi connectivity index (χ0) is 88.1. The molecule has 0 aliphatic carbocycles. The van der Waals surface area contributed by atoms with Crippen LogP contribution < -0.4 is 29.6 Å². The highest BCUT2D eigenvalue weighted by atomic mass is 32.2. The van der Waals surface area contributed by atoms with Crippen LogP contribution in [0.1, 0.15) is 103 Å². The van der Waals surface area contributed by atoms with Crippen molar-refractivity contribution in [3.63, 3.8) is 0 Å². The second kappa shape index (κ2) is 41.7. The van der Waals surface area contributed by atoms with E-state index in [1.54, 1.807) is 48.5 Å². The third kappa shape index (κ3) is 26.6. The number of carbonyl (C=O) groups is 6. The number of ether oxygens (including phenoxy) is 9. The van der Waals surface area contributed by atoms with Crippen molar-refractivity contribution >= 4 is 120 Å². The lowest BCUT2D eigenvalue weighted by Gasteiger charge is -2.20. The van der Waals surface area contributed by atoms with Crippen LogP contribution >= 0.6 is 22.2 Å². The molecule has 0 saturated carbocycles. The van der Waals surface area contributed by atoms with Crippen molar-refractivity contribution in [3.8, 4) is 33.6 Å². The number of halogens is 4. The number of para-hydroxylation sites is 2. The maximum atomic E-state index is 12.7. The Morgan fingerprint density at radius 1 is 0.442 bits per heavy atom. The summed E-state index contributed by atoms with van der Waals surface area (Å²) >= 11 is 1.82. The van der Waals surface area contributed by atoms with Gasteiger partial charge in [-0.25, -0.2) is 26.4 Å². The fraction of sp³-hybridized carbons (Fsp3) is 0.310. The Bertz CT molecular complexity index is 5220. The van der Waals surface area contributed by atoms with Crippen molar-refractivity contribution in [2.24, 2.45) is 11.8 Å². The predicted octanol–water partition coefficient (Wildman–Crippen LogP) is 19.3. The number of benzene rings is 9. The zero-order valence-corrected chi connectivity index (χ0v) is 72.8. The third-order valence-corrected chi connectivity index (χ3v) is 26.7. The molecular weight excluding hydrogens is 1680 g/mol. The number of hydrogen-bond donors (Lipinski definition) is 2. The summed E-state index contributed by atoms with van der Waals surface area (Å²) in [5.74, 6) is -2.61. The molecule has 2 aliphatic rings. The van der Waals surface area contributed by atoms with Crippen LogP contribution in [0, 0.1) is 11.8 Å². The second-order valence-corrected chi connectivity index (χ2v) is 39.2. The van der Waals surface area contributed by atoms with Crippen molar-refractivity contribution in [2.75, 3.05) is 33.1 Å². The molecule has 12 rings (SSSR count). The van der Waals surface area contributed by atoms with Crippen LogP contribution in [0.3, 0.4) is 0 Å². The number of fused-ring (bicyclic) bond motifs is 7. The third-order valence-electron chi connectivity index (χ3n) is 16.7. The van der Waals surface area contributed by atoms with Crippen molar-refractivity contribution in [2.45, 2.75) is 169 Å². The summed E-state index contributed by atoms with van der Waals surface area (Å²) in [6.45, 7) is 21.6. The summed E-state index contributed by atoms with van der Waals surface area (Å²) in [7, 11) is -12.6. The number of alkyl halides is 4. The van der Waals surface area contributed by atoms with Crippen LogP contribution in [0.25, 0.3) is 25.1 Å². The molecule has 2 amide bonds. The molecule has 0 radical (unpaired) electrons. The van der Waals surface area contributed by atoms with Gasteiger partial charge < -0.3 is 62.4 Å². The van der Waals surface area contributed by atoms with Gasteiger partial charge in [-0.05, 0) is 209 Å². The molecule has 33 heteroatoms. The van der Waals surface area contributed by atoms with Gasteiger partial charge in [0.15, 0.2) is 65.6 Å². The highest BCUT2D eigenvalue weighted by Gasteiger charge is 2.48. The van der Waals surface area contributed by atoms with E-state index < -0.39 is 104 Å². The molecule has 3 heterocycles. The lowest BCUT2D eigenvalue weighted by atomic mass is 10.1. The average molecular weight is 1770 g/mol. The number of carbonyl (C=O) groups excluding carboxylic acids is 6. The van der Waals surface area contributed by atoms with Crippen LogP contribution in [0.4, 0.5) is 27.2 Å². The molecule has 0 fully saturated rings. The Labute approximate surface area is 707 Å². The number of thiophene rings is 1. The van der Waals surface area contributed by atoms with Gasteiger partial charge in [-0.1, -0.05) is 112 Å². The lowest BCUT2D eigenvalue weighted by Crippen LogP contribution is -2.46. The summed E-state index contributed by atoms with van der Waals surface area (Å²) in [6.07, 6.45) is -0.390. The molecule has 2 unspecified atom stereocenters. The van der Waals surface area contributed by atoms with Crippen LogP contribution in [-0.4, -0.2) is 122 Å². The SMILES string of the molecule is CC(C)(C)OC(=O)OCOc1ccc([S+]2c3ccccc3Oc3ccccc32)cc1.CC(C)(C)OC(=O)Oc1ccc([S+]2c3ccccc3Sc3ccccc32)cc1.CC(C)(C)Oc1ccc(-[s+]2c3ccccc3c3ccccc32)cc1.CCC(C)C(=O)OCCNC(=O)C(F)(F)S(=O)(=O)[O-].CCC(C)C(=O)OCCNC(=O)C(F)(F)S(=O)(=O)[O-]. The Morgan fingerprint density at radius 2 is 0.800 bits per heavy atom. The van der Waals surface area contributed by atoms with E-state index in [9.17, 15) is 72.3 Å². The number of hydrogen-bond acceptors (Lipinski definition) is 22. The fourth-order valence-electron chi connectivity index (χ4n) is 10.7. The first-order valence-corrected chi connectivity index (χ1v) is 44.8. The largest absolute Gasteiger partial charge is 0.743 e. The van der Waals surface area contributed by atoms with E-state index in [1.807, 2.05) is 117 Å². The van der Waals surface area contributed by atoms with Gasteiger partial charge in [0.25, 0.3) is 0 Å². The van der Waals surface area contributed by atoms with E-state index in [1.165, 1.54) is 60.2 Å². The molecule has 9 aromatic carbocycles. The first-order chi connectivity index (χ1) is 56.4. The van der Waals surface area contributed by atoms with Gasteiger partial charge in [0, 0.05) is 33.4 Å². The Morgan fingerprint density at radius 3 is 1.21 bits per heavy atom. The number of nitrogens with one attached hydrogen (secondary N) is 2. The molecule has 23 nitrogen and oxygen atoms in total. The summed E-state index contributed by atoms with van der Waals surface area (Å²) < 4.78 is 162. The number of rotatable bonds is 22. The Kier molecular flexibility index (Phi) is 33.1. The van der Waals surface area contributed by atoms with E-state index in [0.717, 1.165) is 31.9 Å². The summed E-state index contributed by atoms with van der Waals surface area (Å²) in [4.78, 5) is 78.5. The molecule has 2 atom stereocenters. The van der Waals surface area contributed by atoms with Gasteiger partial charge in [-0.15, -0.1) is 0 Å². The minimum Gasteiger partial charge on any atom is -0.743 e. The van der Waals surface area contributed by atoms with Gasteiger partial charge >= 0.3 is 46.6 Å². The minimum absolute atomic E-state index is 0.0275. The van der Waals surface area contributed by atoms with E-state index >= 15 is 0 Å². The lowest BCUT2D eigenvalue weighted by molar-refractivity contribution is -0.149. The van der Waals surface area contributed by atoms with Gasteiger partial charge in [-0.2, -0.15) is 17.6 Å². The number of amides is 2. The molecule has 120 heavy (non-hydrogen) atoms. The van der Waals surface area contributed by atoms with Crippen molar-refractivity contribution in [1.82, 2.24) is 10.6 Å². The van der Waals surface area contributed by atoms with Gasteiger partial charge in [0.1, 0.15) is 69.1 Å². The number of esters is 2. The van der Waals surface area contributed by atoms with Crippen LogP contribution in [-0.2, 0) is 84.9 Å². The van der Waals surface area contributed by atoms with Crippen LogP contribution in [0.15, 0.2) is 258 Å². The first-order valence-electron chi connectivity index (χ1n) is 37.5. The summed E-state index contributed by atoms with van der Waals surface area (Å²) in [5, 5.41) is -4.37. The first kappa shape index (κ1) is 95.1. The van der Waals surface area contributed by atoms with Crippen LogP contribution in [0.5, 0.6) is 28.7 Å². The van der Waals surface area contributed by atoms with Crippen molar-refractivity contribution in [3.05, 3.63) is 218 Å². The van der Waals surface area contributed by atoms with E-state index in [-0.39, 0.29) is 56.5 Å². The molecule has 0 saturated heterocycles. The molecule has 640 valence electrons. The van der Waals surface area contributed by atoms with E-state index in [2.05, 4.69) is 164 Å². The van der Waals surface area contributed by atoms with Crippen molar-refractivity contribution in [1.29, 1.82) is 0 Å². The van der Waals surface area contributed by atoms with Crippen molar-refractivity contribution < 1.29 is 115 Å². The normalized spacial score (nSPS) is 13.1. The maximum Gasteiger partial charge on any atom is 0.514 e. The Hall–Kier alpha value is -10.4. The predicted molar refractivity (Wildman–Crippen MR) is 449 cm³/mol. The van der Waals surface area contributed by atoms with Gasteiger partial charge in [0.05, 0.1) is 34.7 Å². The molecule has 0 bridgehead atoms. The fourth-order valence-corrected chi connectivity index (χ4v) is 19.6. The maximum absolute atomic E-state index is 12.7. The molecular formula is C87H93F4N2O21S6+. The smallest absolute Gasteiger partial charge is 0.514 e. The molecule has 1 aromatic heterocycles. The topological polar surface area (TPSA) is 324 Å². The molecule has 2 aliphatic heterocycles. The van der Waals surface area contributed by atoms with E-state index in [0.29, 0.717) is 24.3 Å². The highest BCUT2D eigenvalue weighted by Crippen LogP contribution is 2.51. The second-order valence-electron chi connectivity index (χ2n) is 29.4. The summed E-state index contributed by atoms with van der Waals surface area (Å²) in [6, 6.07) is 75.0. The quantitative estimate of drug-likeness (QED) is 0.00930. The van der Waals surface area contributed by atoms with E-state index in [4.69, 9.17) is 33.2 Å². The van der Waals surface area contributed by atoms with Gasteiger partial charge in [-0.3, -0.25) is 19.2 Å². The highest BCUT2D eigenvalue weighted by molar-refractivity contribution is 8.04. The minimum atomic E-state index is -6.08. The summed E-state index contributed by atoms with van der Waals surface area (Å²) in [5.41, 5.74) is -1.35. The molecule has 2 N–H and O–H groups in total. The molecule has 0 spiro atoms. The van der Waals surface area contributed by atoms with Gasteiger partial charge in [0.2, 0.25) is 16.6 Å². The monoisotopic (exact) mass is 1770 g/mol. The van der Waals surface area contributed by atoms with Crippen LogP contribution in [0.2, 0.25) is 0 Å². The standard InChI is InChI=1S/C24H23O5S.C23H21O3S2.C22H21OS.2C9H15F2NO6S/c1-24(2,3)29-23(25)27-16-26-17-12-14-18(15-13-17)30-21-10-6-4-8-19(21)28-20-9-5-7-11-22(20)30;1-23(2,3)26-22(24)25-16-12-14-17(15-13-16)28-20-10-6-4-8-18(20)27-19-9-5-7-11-21(19)28;1-22(2,3)23-16-12-14-17(15-13-16)24-20-10-6-4-8-18(20)19-9-5-7-11-21(19)24;2*1-3-6(2)7(13)18-5-4-12-8(14)9(10,11)19(15,16)17/h4-15H,16H2,1-3H3;4-15H,1-3H3;4-15H,1-3H3;2*6H,3-5H2,1-2H3,(H,12,14)(H,15,16,17)/q3*+1;;/p-2. The Balaban J connectivity index is 0.000000189.